The minimum atomic E-state index is -0.854. The maximum absolute atomic E-state index is 12.4. The van der Waals surface area contributed by atoms with Gasteiger partial charge in [0.1, 0.15) is 0 Å². The summed E-state index contributed by atoms with van der Waals surface area (Å²) in [4.78, 5) is 37.0. The van der Waals surface area contributed by atoms with Crippen LogP contribution in [-0.2, 0) is 14.3 Å². The van der Waals surface area contributed by atoms with Crippen molar-refractivity contribution in [3.63, 3.8) is 0 Å². The number of nitrogens with one attached hydrogen (secondary N) is 2. The summed E-state index contributed by atoms with van der Waals surface area (Å²) < 4.78 is 5.20. The van der Waals surface area contributed by atoms with E-state index in [1.54, 1.807) is 24.3 Å². The molecule has 2 rings (SSSR count). The van der Waals surface area contributed by atoms with Gasteiger partial charge >= 0.3 is 17.8 Å². The van der Waals surface area contributed by atoms with Crippen molar-refractivity contribution < 1.29 is 19.1 Å². The SMILES string of the molecule is CCCCOC(=O)c1ccccc1NC(=O)C(=O)Nc1c(C)cc(C)cc1C. The zero-order valence-corrected chi connectivity index (χ0v) is 16.7. The molecule has 0 aromatic heterocycles. The number of aryl methyl sites for hydroxylation is 3. The molecule has 2 aromatic carbocycles. The van der Waals surface area contributed by atoms with E-state index >= 15 is 0 Å². The highest BCUT2D eigenvalue weighted by molar-refractivity contribution is 6.44. The van der Waals surface area contributed by atoms with Gasteiger partial charge in [-0.2, -0.15) is 0 Å². The zero-order valence-electron chi connectivity index (χ0n) is 16.7. The molecular formula is C22H26N2O4. The third kappa shape index (κ3) is 5.42. The Labute approximate surface area is 165 Å². The van der Waals surface area contributed by atoms with E-state index in [0.29, 0.717) is 12.3 Å². The summed E-state index contributed by atoms with van der Waals surface area (Å²) in [6.07, 6.45) is 1.67. The van der Waals surface area contributed by atoms with Crippen LogP contribution in [0.3, 0.4) is 0 Å². The first-order valence-electron chi connectivity index (χ1n) is 9.29. The molecule has 0 heterocycles. The maximum atomic E-state index is 12.4. The highest BCUT2D eigenvalue weighted by atomic mass is 16.5. The number of carbonyl (C=O) groups is 3. The van der Waals surface area contributed by atoms with E-state index < -0.39 is 17.8 Å². The standard InChI is InChI=1S/C22H26N2O4/c1-5-6-11-28-22(27)17-9-7-8-10-18(17)23-20(25)21(26)24-19-15(3)12-14(2)13-16(19)4/h7-10,12-13H,5-6,11H2,1-4H3,(H,23,25)(H,24,26). The summed E-state index contributed by atoms with van der Waals surface area (Å²) >= 11 is 0. The summed E-state index contributed by atoms with van der Waals surface area (Å²) in [6.45, 7) is 8.02. The smallest absolute Gasteiger partial charge is 0.340 e. The number of anilines is 2. The van der Waals surface area contributed by atoms with Crippen molar-refractivity contribution in [3.05, 3.63) is 58.7 Å². The van der Waals surface area contributed by atoms with Gasteiger partial charge in [-0.05, 0) is 50.5 Å². The Morgan fingerprint density at radius 3 is 2.18 bits per heavy atom. The Balaban J connectivity index is 2.11. The van der Waals surface area contributed by atoms with Crippen LogP contribution in [-0.4, -0.2) is 24.4 Å². The van der Waals surface area contributed by atoms with Crippen LogP contribution in [0.15, 0.2) is 36.4 Å². The molecule has 2 aromatic rings. The van der Waals surface area contributed by atoms with Crippen LogP contribution >= 0.6 is 0 Å². The van der Waals surface area contributed by atoms with Crippen LogP contribution in [0.2, 0.25) is 0 Å². The predicted molar refractivity (Wildman–Crippen MR) is 110 cm³/mol. The predicted octanol–water partition coefficient (Wildman–Crippen LogP) is 4.15. The molecule has 0 saturated carbocycles. The van der Waals surface area contributed by atoms with E-state index in [2.05, 4.69) is 10.6 Å². The molecule has 0 saturated heterocycles. The van der Waals surface area contributed by atoms with E-state index in [0.717, 1.165) is 29.5 Å². The molecule has 0 aliphatic carbocycles. The Morgan fingerprint density at radius 1 is 0.929 bits per heavy atom. The summed E-state index contributed by atoms with van der Waals surface area (Å²) in [7, 11) is 0. The molecule has 0 atom stereocenters. The first-order valence-corrected chi connectivity index (χ1v) is 9.29. The van der Waals surface area contributed by atoms with Gasteiger partial charge in [0.25, 0.3) is 0 Å². The molecule has 2 amide bonds. The number of ether oxygens (including phenoxy) is 1. The van der Waals surface area contributed by atoms with Gasteiger partial charge in [0.2, 0.25) is 0 Å². The van der Waals surface area contributed by atoms with E-state index in [1.165, 1.54) is 0 Å². The number of hydrogen-bond donors (Lipinski definition) is 2. The van der Waals surface area contributed by atoms with Crippen LogP contribution < -0.4 is 10.6 Å². The molecule has 0 aliphatic heterocycles. The average Bonchev–Trinajstić information content (AvgIpc) is 2.65. The second-order valence-corrected chi connectivity index (χ2v) is 6.72. The maximum Gasteiger partial charge on any atom is 0.340 e. The van der Waals surface area contributed by atoms with Gasteiger partial charge in [-0.15, -0.1) is 0 Å². The van der Waals surface area contributed by atoms with Crippen molar-refractivity contribution in [2.75, 3.05) is 17.2 Å². The third-order valence-electron chi connectivity index (χ3n) is 4.25. The van der Waals surface area contributed by atoms with E-state index in [1.807, 2.05) is 39.8 Å². The monoisotopic (exact) mass is 382 g/mol. The Kier molecular flexibility index (Phi) is 7.32. The van der Waals surface area contributed by atoms with Crippen molar-refractivity contribution in [1.82, 2.24) is 0 Å². The minimum absolute atomic E-state index is 0.211. The number of carbonyl (C=O) groups excluding carboxylic acids is 3. The lowest BCUT2D eigenvalue weighted by Crippen LogP contribution is -2.30. The quantitative estimate of drug-likeness (QED) is 0.447. The lowest BCUT2D eigenvalue weighted by molar-refractivity contribution is -0.133. The second kappa shape index (κ2) is 9.69. The molecule has 2 N–H and O–H groups in total. The fourth-order valence-corrected chi connectivity index (χ4v) is 2.88. The van der Waals surface area contributed by atoms with Crippen molar-refractivity contribution in [2.24, 2.45) is 0 Å². The summed E-state index contributed by atoms with van der Waals surface area (Å²) in [5.74, 6) is -2.19. The number of rotatable bonds is 6. The number of para-hydroxylation sites is 1. The number of amides is 2. The highest BCUT2D eigenvalue weighted by Gasteiger charge is 2.20. The molecule has 0 aliphatic rings. The molecule has 6 heteroatoms. The highest BCUT2D eigenvalue weighted by Crippen LogP contribution is 2.22. The summed E-state index contributed by atoms with van der Waals surface area (Å²) in [5, 5.41) is 5.15. The fourth-order valence-electron chi connectivity index (χ4n) is 2.88. The molecule has 0 unspecified atom stereocenters. The van der Waals surface area contributed by atoms with Crippen LogP contribution in [0.25, 0.3) is 0 Å². The largest absolute Gasteiger partial charge is 0.462 e. The lowest BCUT2D eigenvalue weighted by Gasteiger charge is -2.14. The van der Waals surface area contributed by atoms with Crippen LogP contribution in [0.1, 0.15) is 46.8 Å². The van der Waals surface area contributed by atoms with Crippen LogP contribution in [0.5, 0.6) is 0 Å². The van der Waals surface area contributed by atoms with Gasteiger partial charge in [-0.3, -0.25) is 9.59 Å². The van der Waals surface area contributed by atoms with Crippen LogP contribution in [0, 0.1) is 20.8 Å². The first kappa shape index (κ1) is 21.2. The van der Waals surface area contributed by atoms with E-state index in [9.17, 15) is 14.4 Å². The molecule has 0 bridgehead atoms. The summed E-state index contributed by atoms with van der Waals surface area (Å²) in [5.41, 5.74) is 3.88. The Morgan fingerprint density at radius 2 is 1.54 bits per heavy atom. The Hall–Kier alpha value is -3.15. The van der Waals surface area contributed by atoms with Gasteiger partial charge < -0.3 is 15.4 Å². The van der Waals surface area contributed by atoms with Gasteiger partial charge in [0, 0.05) is 5.69 Å². The molecular weight excluding hydrogens is 356 g/mol. The summed E-state index contributed by atoms with van der Waals surface area (Å²) in [6, 6.07) is 10.3. The van der Waals surface area contributed by atoms with Crippen molar-refractivity contribution in [2.45, 2.75) is 40.5 Å². The molecule has 6 nitrogen and oxygen atoms in total. The van der Waals surface area contributed by atoms with E-state index in [-0.39, 0.29) is 11.3 Å². The van der Waals surface area contributed by atoms with Gasteiger partial charge in [-0.1, -0.05) is 43.2 Å². The van der Waals surface area contributed by atoms with Crippen molar-refractivity contribution in [3.8, 4) is 0 Å². The van der Waals surface area contributed by atoms with Crippen LogP contribution in [0.4, 0.5) is 11.4 Å². The fraction of sp³-hybridized carbons (Fsp3) is 0.318. The topological polar surface area (TPSA) is 84.5 Å². The average molecular weight is 382 g/mol. The van der Waals surface area contributed by atoms with Gasteiger partial charge in [0.15, 0.2) is 0 Å². The molecule has 28 heavy (non-hydrogen) atoms. The van der Waals surface area contributed by atoms with E-state index in [4.69, 9.17) is 4.74 Å². The second-order valence-electron chi connectivity index (χ2n) is 6.72. The number of benzene rings is 2. The van der Waals surface area contributed by atoms with Gasteiger partial charge in [-0.25, -0.2) is 4.79 Å². The van der Waals surface area contributed by atoms with Crippen molar-refractivity contribution >= 4 is 29.2 Å². The first-order chi connectivity index (χ1) is 13.3. The van der Waals surface area contributed by atoms with Gasteiger partial charge in [0.05, 0.1) is 17.9 Å². The van der Waals surface area contributed by atoms with Crippen molar-refractivity contribution in [1.29, 1.82) is 0 Å². The minimum Gasteiger partial charge on any atom is -0.462 e. The lowest BCUT2D eigenvalue weighted by atomic mass is 10.1. The Bertz CT molecular complexity index is 867. The number of esters is 1. The zero-order chi connectivity index (χ0) is 20.7. The normalized spacial score (nSPS) is 10.3. The third-order valence-corrected chi connectivity index (χ3v) is 4.25. The molecule has 0 spiro atoms. The number of hydrogen-bond acceptors (Lipinski definition) is 4. The number of unbranched alkanes of at least 4 members (excludes halogenated alkanes) is 1. The molecule has 0 radical (unpaired) electrons. The molecule has 0 fully saturated rings. The molecule has 148 valence electrons.